The van der Waals surface area contributed by atoms with Gasteiger partial charge in [-0.1, -0.05) is 76.9 Å². The van der Waals surface area contributed by atoms with Crippen LogP contribution in [0.1, 0.15) is 42.6 Å². The van der Waals surface area contributed by atoms with E-state index in [-0.39, 0.29) is 5.91 Å². The molecule has 0 atom stereocenters. The molecule has 0 saturated carbocycles. The van der Waals surface area contributed by atoms with Gasteiger partial charge in [-0.25, -0.2) is 4.98 Å². The number of para-hydroxylation sites is 2. The minimum absolute atomic E-state index is 0.134. The topological polar surface area (TPSA) is 46.9 Å². The summed E-state index contributed by atoms with van der Waals surface area (Å²) in [6, 6.07) is 27.0. The number of nitrogens with one attached hydrogen (secondary N) is 1. The number of imidazole rings is 1. The van der Waals surface area contributed by atoms with Gasteiger partial charge in [0, 0.05) is 30.4 Å². The summed E-state index contributed by atoms with van der Waals surface area (Å²) in [7, 11) is 0. The fourth-order valence-electron chi connectivity index (χ4n) is 4.11. The zero-order chi connectivity index (χ0) is 22.9. The molecule has 0 fully saturated rings. The van der Waals surface area contributed by atoms with E-state index in [4.69, 9.17) is 4.98 Å². The third-order valence-electron chi connectivity index (χ3n) is 5.85. The number of rotatable bonds is 11. The van der Waals surface area contributed by atoms with Crippen molar-refractivity contribution in [2.24, 2.45) is 0 Å². The number of hydrogen-bond acceptors (Lipinski definition) is 2. The predicted molar refractivity (Wildman–Crippen MR) is 138 cm³/mol. The lowest BCUT2D eigenvalue weighted by Crippen LogP contribution is -2.24. The first-order valence-corrected chi connectivity index (χ1v) is 12.5. The van der Waals surface area contributed by atoms with E-state index in [1.54, 1.807) is 0 Å². The Morgan fingerprint density at radius 3 is 2.48 bits per heavy atom. The molecule has 3 aromatic carbocycles. The molecule has 1 N–H and O–H groups in total. The van der Waals surface area contributed by atoms with Crippen molar-refractivity contribution in [2.45, 2.75) is 45.1 Å². The highest BCUT2D eigenvalue weighted by molar-refractivity contribution is 9.10. The van der Waals surface area contributed by atoms with E-state index in [0.717, 1.165) is 61.0 Å². The van der Waals surface area contributed by atoms with Crippen molar-refractivity contribution in [3.63, 3.8) is 0 Å². The summed E-state index contributed by atoms with van der Waals surface area (Å²) in [6.07, 6.45) is 5.39. The first kappa shape index (κ1) is 23.2. The van der Waals surface area contributed by atoms with Gasteiger partial charge in [-0.3, -0.25) is 4.79 Å². The smallest absolute Gasteiger partial charge is 0.220 e. The van der Waals surface area contributed by atoms with Crippen LogP contribution >= 0.6 is 15.9 Å². The number of amides is 1. The van der Waals surface area contributed by atoms with Crippen LogP contribution in [0, 0.1) is 0 Å². The van der Waals surface area contributed by atoms with Crippen LogP contribution in [0.15, 0.2) is 83.3 Å². The van der Waals surface area contributed by atoms with Crippen molar-refractivity contribution in [2.75, 3.05) is 6.54 Å². The molecule has 1 amide bonds. The van der Waals surface area contributed by atoms with Gasteiger partial charge in [0.2, 0.25) is 5.91 Å². The minimum Gasteiger partial charge on any atom is -0.356 e. The summed E-state index contributed by atoms with van der Waals surface area (Å²) in [5.74, 6) is 1.26. The zero-order valence-corrected chi connectivity index (χ0v) is 20.4. The normalized spacial score (nSPS) is 11.1. The number of carbonyl (C=O) groups excluding carboxylic acids is 1. The number of carbonyl (C=O) groups is 1. The summed E-state index contributed by atoms with van der Waals surface area (Å²) in [5.41, 5.74) is 4.69. The summed E-state index contributed by atoms with van der Waals surface area (Å²) >= 11 is 3.58. The van der Waals surface area contributed by atoms with Crippen molar-refractivity contribution < 1.29 is 4.79 Å². The molecular weight excluding hydrogens is 474 g/mol. The molecule has 1 aromatic heterocycles. The molecular formula is C28H30BrN3O. The molecule has 4 nitrogen and oxygen atoms in total. The van der Waals surface area contributed by atoms with Gasteiger partial charge >= 0.3 is 0 Å². The Balaban J connectivity index is 1.25. The summed E-state index contributed by atoms with van der Waals surface area (Å²) in [6.45, 7) is 1.55. The third-order valence-corrected chi connectivity index (χ3v) is 6.34. The van der Waals surface area contributed by atoms with Crippen LogP contribution in [0.3, 0.4) is 0 Å². The van der Waals surface area contributed by atoms with E-state index >= 15 is 0 Å². The zero-order valence-electron chi connectivity index (χ0n) is 18.8. The fraction of sp³-hybridized carbons (Fsp3) is 0.286. The van der Waals surface area contributed by atoms with Crippen LogP contribution in [0.5, 0.6) is 0 Å². The minimum atomic E-state index is 0.134. The highest BCUT2D eigenvalue weighted by atomic mass is 79.9. The Morgan fingerprint density at radius 2 is 1.64 bits per heavy atom. The van der Waals surface area contributed by atoms with Crippen molar-refractivity contribution in [1.29, 1.82) is 0 Å². The maximum absolute atomic E-state index is 12.1. The molecule has 0 aliphatic heterocycles. The third kappa shape index (κ3) is 6.78. The Labute approximate surface area is 204 Å². The van der Waals surface area contributed by atoms with E-state index < -0.39 is 0 Å². The average Bonchev–Trinajstić information content (AvgIpc) is 3.18. The molecule has 0 saturated heterocycles. The maximum atomic E-state index is 12.1. The number of aryl methyl sites for hydroxylation is 2. The van der Waals surface area contributed by atoms with Crippen LogP contribution in [0.25, 0.3) is 11.0 Å². The van der Waals surface area contributed by atoms with Crippen molar-refractivity contribution in [3.05, 3.63) is 100 Å². The SMILES string of the molecule is O=C(CCc1ccccc1)NCCCCCc1nc2ccccc2n1Cc1cccc(Br)c1. The van der Waals surface area contributed by atoms with Gasteiger partial charge in [-0.05, 0) is 54.7 Å². The van der Waals surface area contributed by atoms with E-state index in [9.17, 15) is 4.79 Å². The molecule has 0 aliphatic carbocycles. The first-order valence-electron chi connectivity index (χ1n) is 11.7. The van der Waals surface area contributed by atoms with Gasteiger partial charge in [-0.2, -0.15) is 0 Å². The number of halogens is 1. The van der Waals surface area contributed by atoms with Gasteiger partial charge in [-0.15, -0.1) is 0 Å². The molecule has 0 radical (unpaired) electrons. The van der Waals surface area contributed by atoms with E-state index in [0.29, 0.717) is 6.42 Å². The highest BCUT2D eigenvalue weighted by Crippen LogP contribution is 2.21. The van der Waals surface area contributed by atoms with Crippen molar-refractivity contribution in [3.8, 4) is 0 Å². The second-order valence-electron chi connectivity index (χ2n) is 8.38. The van der Waals surface area contributed by atoms with Crippen LogP contribution in [-0.2, 0) is 24.2 Å². The Morgan fingerprint density at radius 1 is 0.848 bits per heavy atom. The lowest BCUT2D eigenvalue weighted by molar-refractivity contribution is -0.121. The Bertz CT molecular complexity index is 1190. The maximum Gasteiger partial charge on any atom is 0.220 e. The predicted octanol–water partition coefficient (Wildman–Crippen LogP) is 6.31. The van der Waals surface area contributed by atoms with Gasteiger partial charge < -0.3 is 9.88 Å². The average molecular weight is 504 g/mol. The Hall–Kier alpha value is -2.92. The second-order valence-corrected chi connectivity index (χ2v) is 9.29. The largest absolute Gasteiger partial charge is 0.356 e. The molecule has 0 aliphatic rings. The molecule has 4 aromatic rings. The van der Waals surface area contributed by atoms with Gasteiger partial charge in [0.25, 0.3) is 0 Å². The summed E-state index contributed by atoms with van der Waals surface area (Å²) in [5, 5.41) is 3.06. The van der Waals surface area contributed by atoms with Crippen molar-refractivity contribution in [1.82, 2.24) is 14.9 Å². The van der Waals surface area contributed by atoms with Crippen molar-refractivity contribution >= 4 is 32.9 Å². The molecule has 0 spiro atoms. The fourth-order valence-corrected chi connectivity index (χ4v) is 4.56. The number of hydrogen-bond donors (Lipinski definition) is 1. The van der Waals surface area contributed by atoms with E-state index in [1.165, 1.54) is 16.6 Å². The van der Waals surface area contributed by atoms with Crippen LogP contribution < -0.4 is 5.32 Å². The van der Waals surface area contributed by atoms with E-state index in [1.807, 2.05) is 24.3 Å². The lowest BCUT2D eigenvalue weighted by Gasteiger charge is -2.10. The number of fused-ring (bicyclic) bond motifs is 1. The summed E-state index contributed by atoms with van der Waals surface area (Å²) in [4.78, 5) is 17.0. The number of benzene rings is 3. The van der Waals surface area contributed by atoms with E-state index in [2.05, 4.69) is 80.4 Å². The second kappa shape index (κ2) is 11.8. The first-order chi connectivity index (χ1) is 16.2. The number of nitrogens with zero attached hydrogens (tertiary/aromatic N) is 2. The van der Waals surface area contributed by atoms with Gasteiger partial charge in [0.05, 0.1) is 11.0 Å². The highest BCUT2D eigenvalue weighted by Gasteiger charge is 2.11. The van der Waals surface area contributed by atoms with Crippen LogP contribution in [0.2, 0.25) is 0 Å². The molecule has 0 unspecified atom stereocenters. The Kier molecular flexibility index (Phi) is 8.31. The van der Waals surface area contributed by atoms with Crippen LogP contribution in [0.4, 0.5) is 0 Å². The molecule has 33 heavy (non-hydrogen) atoms. The molecule has 5 heteroatoms. The monoisotopic (exact) mass is 503 g/mol. The molecule has 4 rings (SSSR count). The van der Waals surface area contributed by atoms with Gasteiger partial charge in [0.15, 0.2) is 0 Å². The number of aromatic nitrogens is 2. The summed E-state index contributed by atoms with van der Waals surface area (Å²) < 4.78 is 3.43. The van der Waals surface area contributed by atoms with Crippen LogP contribution in [-0.4, -0.2) is 22.0 Å². The molecule has 0 bridgehead atoms. The molecule has 170 valence electrons. The van der Waals surface area contributed by atoms with Gasteiger partial charge in [0.1, 0.15) is 5.82 Å². The lowest BCUT2D eigenvalue weighted by atomic mass is 10.1. The quantitative estimate of drug-likeness (QED) is 0.244. The molecule has 1 heterocycles. The standard InChI is InChI=1S/C28H30BrN3O/c29-24-13-9-12-23(20-24)21-32-26-15-7-6-14-25(26)31-27(32)16-5-2-8-19-30-28(33)18-17-22-10-3-1-4-11-22/h1,3-4,6-7,9-15,20H,2,5,8,16-19,21H2,(H,30,33). The number of unbranched alkanes of at least 4 members (excludes halogenated alkanes) is 2.